The van der Waals surface area contributed by atoms with Gasteiger partial charge in [0.15, 0.2) is 0 Å². The lowest BCUT2D eigenvalue weighted by Crippen LogP contribution is -2.29. The Bertz CT molecular complexity index is 1540. The molecular formula is C33H30BrN3O4. The third-order valence-corrected chi connectivity index (χ3v) is 7.38. The lowest BCUT2D eigenvalue weighted by Gasteiger charge is -2.26. The van der Waals surface area contributed by atoms with Gasteiger partial charge in [0.2, 0.25) is 5.91 Å². The number of hydrogen-bond donors (Lipinski definition) is 2. The van der Waals surface area contributed by atoms with Gasteiger partial charge in [0, 0.05) is 5.33 Å². The molecule has 1 aliphatic heterocycles. The van der Waals surface area contributed by atoms with E-state index in [9.17, 15) is 14.4 Å². The van der Waals surface area contributed by atoms with Gasteiger partial charge in [-0.3, -0.25) is 19.8 Å². The van der Waals surface area contributed by atoms with Crippen LogP contribution in [0.5, 0.6) is 0 Å². The second kappa shape index (κ2) is 13.3. The van der Waals surface area contributed by atoms with Crippen molar-refractivity contribution in [2.24, 2.45) is 0 Å². The first-order valence-electron chi connectivity index (χ1n) is 13.5. The Balaban J connectivity index is 1.45. The summed E-state index contributed by atoms with van der Waals surface area (Å²) < 4.78 is 5.43. The van der Waals surface area contributed by atoms with Crippen molar-refractivity contribution >= 4 is 56.6 Å². The first-order chi connectivity index (χ1) is 20.0. The van der Waals surface area contributed by atoms with E-state index in [-0.39, 0.29) is 30.4 Å². The Morgan fingerprint density at radius 2 is 1.54 bits per heavy atom. The van der Waals surface area contributed by atoms with Crippen molar-refractivity contribution < 1.29 is 19.1 Å². The summed E-state index contributed by atoms with van der Waals surface area (Å²) in [6, 6.07) is 29.5. The van der Waals surface area contributed by atoms with Gasteiger partial charge in [-0.25, -0.2) is 4.79 Å². The van der Waals surface area contributed by atoms with E-state index in [0.29, 0.717) is 22.7 Å². The van der Waals surface area contributed by atoms with E-state index in [2.05, 4.69) is 38.7 Å². The number of carbonyl (C=O) groups is 3. The largest absolute Gasteiger partial charge is 0.444 e. The number of hydrogen-bond acceptors (Lipinski definition) is 4. The number of carbonyl (C=O) groups excluding carboxylic acids is 3. The number of rotatable bonds is 9. The smallest absolute Gasteiger partial charge is 0.412 e. The molecule has 41 heavy (non-hydrogen) atoms. The second-order valence-corrected chi connectivity index (χ2v) is 10.5. The van der Waals surface area contributed by atoms with Gasteiger partial charge in [0.1, 0.15) is 6.61 Å². The maximum atomic E-state index is 14.0. The highest BCUT2D eigenvalue weighted by Crippen LogP contribution is 2.42. The molecule has 208 valence electrons. The van der Waals surface area contributed by atoms with Crippen LogP contribution in [0.4, 0.5) is 27.5 Å². The molecule has 0 saturated heterocycles. The molecule has 0 unspecified atom stereocenters. The van der Waals surface area contributed by atoms with Gasteiger partial charge >= 0.3 is 6.09 Å². The summed E-state index contributed by atoms with van der Waals surface area (Å²) in [5.41, 5.74) is 4.79. The van der Waals surface area contributed by atoms with E-state index in [4.69, 9.17) is 4.74 Å². The summed E-state index contributed by atoms with van der Waals surface area (Å²) in [7, 11) is 0. The maximum Gasteiger partial charge on any atom is 0.412 e. The van der Waals surface area contributed by atoms with Crippen LogP contribution in [0.15, 0.2) is 97.1 Å². The molecule has 8 heteroatoms. The van der Waals surface area contributed by atoms with Gasteiger partial charge in [0.25, 0.3) is 5.91 Å². The average molecular weight is 613 g/mol. The van der Waals surface area contributed by atoms with E-state index in [1.807, 2.05) is 48.5 Å². The molecule has 0 atom stereocenters. The monoisotopic (exact) mass is 611 g/mol. The lowest BCUT2D eigenvalue weighted by atomic mass is 10.0. The van der Waals surface area contributed by atoms with Crippen molar-refractivity contribution in [1.29, 1.82) is 0 Å². The zero-order valence-corrected chi connectivity index (χ0v) is 24.0. The Hall–Kier alpha value is -4.43. The lowest BCUT2D eigenvalue weighted by molar-refractivity contribution is -0.117. The first kappa shape index (κ1) is 28.1. The molecule has 0 bridgehead atoms. The minimum atomic E-state index is -0.692. The summed E-state index contributed by atoms with van der Waals surface area (Å²) >= 11 is 3.47. The SMILES string of the molecule is O=C(Nc1cccc2c1N(C(=O)Cc1ccc(CCCCBr)cc1)c1ccccc1NC2=O)OCc1ccccc1. The van der Waals surface area contributed by atoms with Crippen molar-refractivity contribution in [2.75, 3.05) is 20.9 Å². The first-order valence-corrected chi connectivity index (χ1v) is 14.6. The molecule has 0 fully saturated rings. The predicted octanol–water partition coefficient (Wildman–Crippen LogP) is 7.63. The molecule has 5 rings (SSSR count). The number of nitrogens with zero attached hydrogens (tertiary/aromatic N) is 1. The fraction of sp³-hybridized carbons (Fsp3) is 0.182. The topological polar surface area (TPSA) is 87.7 Å². The van der Waals surface area contributed by atoms with Crippen LogP contribution in [0.1, 0.15) is 39.9 Å². The van der Waals surface area contributed by atoms with Crippen molar-refractivity contribution in [3.8, 4) is 0 Å². The Morgan fingerprint density at radius 1 is 0.805 bits per heavy atom. The van der Waals surface area contributed by atoms with Crippen LogP contribution in [0.3, 0.4) is 0 Å². The van der Waals surface area contributed by atoms with E-state index >= 15 is 0 Å². The maximum absolute atomic E-state index is 14.0. The van der Waals surface area contributed by atoms with Crippen LogP contribution in [0.2, 0.25) is 0 Å². The molecule has 3 amide bonds. The van der Waals surface area contributed by atoms with Crippen molar-refractivity contribution in [2.45, 2.75) is 32.3 Å². The average Bonchev–Trinajstić information content (AvgIpc) is 3.12. The Kier molecular flexibility index (Phi) is 9.11. The molecule has 1 heterocycles. The highest BCUT2D eigenvalue weighted by atomic mass is 79.9. The van der Waals surface area contributed by atoms with Crippen molar-refractivity contribution in [3.05, 3.63) is 119 Å². The number of fused-ring (bicyclic) bond motifs is 2. The zero-order chi connectivity index (χ0) is 28.6. The molecule has 0 spiro atoms. The third kappa shape index (κ3) is 6.84. The number of nitrogens with one attached hydrogen (secondary N) is 2. The molecule has 0 radical (unpaired) electrons. The quantitative estimate of drug-likeness (QED) is 0.150. The number of anilines is 4. The van der Waals surface area contributed by atoms with Crippen LogP contribution in [0.25, 0.3) is 0 Å². The van der Waals surface area contributed by atoms with E-state index in [1.165, 1.54) is 10.5 Å². The number of benzene rings is 4. The molecule has 4 aromatic rings. The van der Waals surface area contributed by atoms with E-state index in [0.717, 1.165) is 35.7 Å². The van der Waals surface area contributed by atoms with Crippen LogP contribution in [0, 0.1) is 0 Å². The minimum absolute atomic E-state index is 0.0831. The number of amides is 3. The Morgan fingerprint density at radius 3 is 2.32 bits per heavy atom. The highest BCUT2D eigenvalue weighted by Gasteiger charge is 2.32. The summed E-state index contributed by atoms with van der Waals surface area (Å²) in [6.45, 7) is 0.0831. The standard InChI is InChI=1S/C33H30BrN3O4/c34-20-7-6-9-23-16-18-24(19-17-23)21-30(38)37-29-15-5-4-13-27(29)35-32(39)26-12-8-14-28(31(26)37)36-33(40)41-22-25-10-2-1-3-11-25/h1-5,8,10-19H,6-7,9,20-22H2,(H,35,39)(H,36,40). The summed E-state index contributed by atoms with van der Waals surface area (Å²) in [6.07, 6.45) is 2.60. The van der Waals surface area contributed by atoms with Crippen LogP contribution >= 0.6 is 15.9 Å². The van der Waals surface area contributed by atoms with Gasteiger partial charge in [-0.15, -0.1) is 0 Å². The molecule has 0 aliphatic carbocycles. The number of aryl methyl sites for hydroxylation is 1. The van der Waals surface area contributed by atoms with Gasteiger partial charge < -0.3 is 10.1 Å². The van der Waals surface area contributed by atoms with E-state index < -0.39 is 6.09 Å². The minimum Gasteiger partial charge on any atom is -0.444 e. The molecular weight excluding hydrogens is 582 g/mol. The molecule has 0 saturated carbocycles. The van der Waals surface area contributed by atoms with Crippen molar-refractivity contribution in [1.82, 2.24) is 0 Å². The van der Waals surface area contributed by atoms with Crippen LogP contribution < -0.4 is 15.5 Å². The number of para-hydroxylation sites is 3. The van der Waals surface area contributed by atoms with Gasteiger partial charge in [0.05, 0.1) is 34.7 Å². The third-order valence-electron chi connectivity index (χ3n) is 6.82. The van der Waals surface area contributed by atoms with E-state index in [1.54, 1.807) is 36.4 Å². The fourth-order valence-electron chi connectivity index (χ4n) is 4.78. The number of halogens is 1. The van der Waals surface area contributed by atoms with Gasteiger partial charge in [-0.05, 0) is 60.2 Å². The van der Waals surface area contributed by atoms with Crippen molar-refractivity contribution in [3.63, 3.8) is 0 Å². The normalized spacial score (nSPS) is 12.0. The molecule has 7 nitrogen and oxygen atoms in total. The molecule has 4 aromatic carbocycles. The molecule has 1 aliphatic rings. The predicted molar refractivity (Wildman–Crippen MR) is 165 cm³/mol. The Labute approximate surface area is 247 Å². The highest BCUT2D eigenvalue weighted by molar-refractivity contribution is 9.09. The zero-order valence-electron chi connectivity index (χ0n) is 22.4. The second-order valence-electron chi connectivity index (χ2n) is 9.73. The van der Waals surface area contributed by atoms with Crippen LogP contribution in [-0.4, -0.2) is 23.2 Å². The van der Waals surface area contributed by atoms with Gasteiger partial charge in [-0.1, -0.05) is 88.7 Å². The molecule has 0 aromatic heterocycles. The van der Waals surface area contributed by atoms with Gasteiger partial charge in [-0.2, -0.15) is 0 Å². The molecule has 2 N–H and O–H groups in total. The summed E-state index contributed by atoms with van der Waals surface area (Å²) in [5, 5.41) is 6.65. The summed E-state index contributed by atoms with van der Waals surface area (Å²) in [4.78, 5) is 41.7. The number of unbranched alkanes of at least 4 members (excludes halogenated alkanes) is 1. The summed E-state index contributed by atoms with van der Waals surface area (Å²) in [5.74, 6) is -0.619. The number of ether oxygens (including phenoxy) is 1. The van der Waals surface area contributed by atoms with Crippen LogP contribution in [-0.2, 0) is 29.0 Å². The number of alkyl halides is 1. The fourth-order valence-corrected chi connectivity index (χ4v) is 5.18.